The first-order chi connectivity index (χ1) is 13.6. The van der Waals surface area contributed by atoms with Crippen LogP contribution in [0.2, 0.25) is 0 Å². The Bertz CT molecular complexity index is 1110. The van der Waals surface area contributed by atoms with Gasteiger partial charge in [-0.2, -0.15) is 0 Å². The predicted octanol–water partition coefficient (Wildman–Crippen LogP) is 6.00. The third-order valence-electron chi connectivity index (χ3n) is 4.05. The number of nitrogens with zero attached hydrogens (tertiary/aromatic N) is 4. The topological polar surface area (TPSA) is 76.7 Å². The molecule has 2 aromatic carbocycles. The fraction of sp³-hybridized carbons (Fsp3) is 0.158. The van der Waals surface area contributed by atoms with Crippen LogP contribution in [-0.4, -0.2) is 20.4 Å². The van der Waals surface area contributed by atoms with Gasteiger partial charge in [0.25, 0.3) is 0 Å². The zero-order valence-corrected chi connectivity index (χ0v) is 18.4. The van der Waals surface area contributed by atoms with Gasteiger partial charge in [0, 0.05) is 10.2 Å². The van der Waals surface area contributed by atoms with Crippen LogP contribution in [0.4, 0.5) is 10.8 Å². The Morgan fingerprint density at radius 3 is 2.71 bits per heavy atom. The number of aryl methyl sites for hydroxylation is 2. The highest BCUT2D eigenvalue weighted by molar-refractivity contribution is 9.10. The van der Waals surface area contributed by atoms with E-state index in [1.165, 1.54) is 34.2 Å². The van der Waals surface area contributed by atoms with E-state index in [-0.39, 0.29) is 0 Å². The first-order valence-corrected chi connectivity index (χ1v) is 11.1. The van der Waals surface area contributed by atoms with E-state index in [1.807, 2.05) is 30.3 Å². The molecule has 0 atom stereocenters. The molecule has 0 fully saturated rings. The van der Waals surface area contributed by atoms with Crippen molar-refractivity contribution in [1.29, 1.82) is 0 Å². The highest BCUT2D eigenvalue weighted by Gasteiger charge is 2.13. The average Bonchev–Trinajstić information content (AvgIpc) is 3.33. The molecule has 0 saturated carbocycles. The second-order valence-corrected chi connectivity index (χ2v) is 9.12. The molecule has 28 heavy (non-hydrogen) atoms. The second kappa shape index (κ2) is 8.42. The van der Waals surface area contributed by atoms with Gasteiger partial charge in [0.05, 0.1) is 11.3 Å². The molecule has 0 aliphatic heterocycles. The van der Waals surface area contributed by atoms with Crippen LogP contribution in [0.5, 0.6) is 0 Å². The SMILES string of the molecule is Cc1ccc(Nc2nnc(SCc3nnc(-c4ccccc4Br)o3)s2)cc1C. The van der Waals surface area contributed by atoms with Crippen molar-refractivity contribution >= 4 is 49.8 Å². The molecule has 9 heteroatoms. The number of anilines is 2. The van der Waals surface area contributed by atoms with E-state index in [1.54, 1.807) is 0 Å². The summed E-state index contributed by atoms with van der Waals surface area (Å²) in [4.78, 5) is 0. The molecule has 0 unspecified atom stereocenters. The number of benzene rings is 2. The van der Waals surface area contributed by atoms with Crippen molar-refractivity contribution in [2.45, 2.75) is 23.9 Å². The molecule has 0 bridgehead atoms. The Morgan fingerprint density at radius 1 is 1.04 bits per heavy atom. The van der Waals surface area contributed by atoms with Crippen molar-refractivity contribution in [2.24, 2.45) is 0 Å². The molecule has 0 saturated heterocycles. The number of thioether (sulfide) groups is 1. The molecule has 0 amide bonds. The van der Waals surface area contributed by atoms with Gasteiger partial charge in [-0.3, -0.25) is 0 Å². The summed E-state index contributed by atoms with van der Waals surface area (Å²) in [5.74, 6) is 1.59. The van der Waals surface area contributed by atoms with E-state index in [0.717, 1.165) is 25.2 Å². The number of nitrogens with one attached hydrogen (secondary N) is 1. The first-order valence-electron chi connectivity index (χ1n) is 8.46. The Labute approximate surface area is 178 Å². The van der Waals surface area contributed by atoms with E-state index >= 15 is 0 Å². The first kappa shape index (κ1) is 19.1. The number of hydrogen-bond donors (Lipinski definition) is 1. The number of hydrogen-bond acceptors (Lipinski definition) is 8. The van der Waals surface area contributed by atoms with E-state index in [0.29, 0.717) is 17.5 Å². The molecule has 0 radical (unpaired) electrons. The number of halogens is 1. The molecule has 2 aromatic heterocycles. The van der Waals surface area contributed by atoms with Crippen LogP contribution < -0.4 is 5.32 Å². The molecule has 4 aromatic rings. The standard InChI is InChI=1S/C19H16BrN5OS2/c1-11-7-8-13(9-12(11)2)21-18-24-25-19(28-18)27-10-16-22-23-17(26-16)14-5-3-4-6-15(14)20/h3-9H,10H2,1-2H3,(H,21,24). The van der Waals surface area contributed by atoms with Gasteiger partial charge in [-0.25, -0.2) is 0 Å². The monoisotopic (exact) mass is 473 g/mol. The maximum Gasteiger partial charge on any atom is 0.248 e. The fourth-order valence-corrected chi connectivity index (χ4v) is 4.50. The van der Waals surface area contributed by atoms with Crippen molar-refractivity contribution in [3.63, 3.8) is 0 Å². The van der Waals surface area contributed by atoms with Crippen molar-refractivity contribution in [1.82, 2.24) is 20.4 Å². The molecule has 2 heterocycles. The average molecular weight is 474 g/mol. The van der Waals surface area contributed by atoms with Crippen LogP contribution in [0, 0.1) is 13.8 Å². The summed E-state index contributed by atoms with van der Waals surface area (Å²) in [6.45, 7) is 4.19. The molecule has 142 valence electrons. The smallest absolute Gasteiger partial charge is 0.248 e. The minimum absolute atomic E-state index is 0.498. The van der Waals surface area contributed by atoms with Gasteiger partial charge in [-0.05, 0) is 65.2 Å². The van der Waals surface area contributed by atoms with Crippen molar-refractivity contribution < 1.29 is 4.42 Å². The lowest BCUT2D eigenvalue weighted by atomic mass is 10.1. The largest absolute Gasteiger partial charge is 0.420 e. The summed E-state index contributed by atoms with van der Waals surface area (Å²) in [5.41, 5.74) is 4.38. The Morgan fingerprint density at radius 2 is 1.89 bits per heavy atom. The van der Waals surface area contributed by atoms with Gasteiger partial charge in [-0.15, -0.1) is 20.4 Å². The molecule has 0 spiro atoms. The van der Waals surface area contributed by atoms with Crippen molar-refractivity contribution in [3.8, 4) is 11.5 Å². The fourth-order valence-electron chi connectivity index (χ4n) is 2.44. The van der Waals surface area contributed by atoms with Crippen LogP contribution in [-0.2, 0) is 5.75 Å². The zero-order valence-electron chi connectivity index (χ0n) is 15.1. The number of rotatable bonds is 6. The summed E-state index contributed by atoms with van der Waals surface area (Å²) in [5, 5.41) is 20.7. The normalized spacial score (nSPS) is 11.0. The third-order valence-corrected chi connectivity index (χ3v) is 6.70. The van der Waals surface area contributed by atoms with E-state index < -0.39 is 0 Å². The summed E-state index contributed by atoms with van der Waals surface area (Å²) in [6, 6.07) is 14.0. The van der Waals surface area contributed by atoms with Gasteiger partial charge < -0.3 is 9.73 Å². The summed E-state index contributed by atoms with van der Waals surface area (Å²) in [6.07, 6.45) is 0. The lowest BCUT2D eigenvalue weighted by Gasteiger charge is -2.05. The Kier molecular flexibility index (Phi) is 5.74. The molecule has 6 nitrogen and oxygen atoms in total. The van der Waals surface area contributed by atoms with Gasteiger partial charge in [0.2, 0.25) is 16.9 Å². The van der Waals surface area contributed by atoms with Gasteiger partial charge >= 0.3 is 0 Å². The highest BCUT2D eigenvalue weighted by Crippen LogP contribution is 2.31. The van der Waals surface area contributed by atoms with Crippen LogP contribution >= 0.6 is 39.0 Å². The second-order valence-electron chi connectivity index (χ2n) is 6.07. The molecular weight excluding hydrogens is 458 g/mol. The third kappa shape index (κ3) is 4.43. The predicted molar refractivity (Wildman–Crippen MR) is 116 cm³/mol. The zero-order chi connectivity index (χ0) is 19.5. The minimum atomic E-state index is 0.498. The Balaban J connectivity index is 1.38. The summed E-state index contributed by atoms with van der Waals surface area (Å²) in [7, 11) is 0. The van der Waals surface area contributed by atoms with Crippen LogP contribution in [0.15, 0.2) is 55.7 Å². The van der Waals surface area contributed by atoms with E-state index in [2.05, 4.69) is 67.6 Å². The van der Waals surface area contributed by atoms with E-state index in [9.17, 15) is 0 Å². The van der Waals surface area contributed by atoms with Crippen LogP contribution in [0.1, 0.15) is 17.0 Å². The molecule has 0 aliphatic carbocycles. The maximum absolute atomic E-state index is 5.77. The molecule has 4 rings (SSSR count). The van der Waals surface area contributed by atoms with Crippen LogP contribution in [0.25, 0.3) is 11.5 Å². The summed E-state index contributed by atoms with van der Waals surface area (Å²) >= 11 is 6.51. The quantitative estimate of drug-likeness (QED) is 0.343. The van der Waals surface area contributed by atoms with Gasteiger partial charge in [0.15, 0.2) is 4.34 Å². The lowest BCUT2D eigenvalue weighted by molar-refractivity contribution is 0.528. The maximum atomic E-state index is 5.77. The van der Waals surface area contributed by atoms with Crippen molar-refractivity contribution in [2.75, 3.05) is 5.32 Å². The van der Waals surface area contributed by atoms with Crippen LogP contribution in [0.3, 0.4) is 0 Å². The molecule has 1 N–H and O–H groups in total. The Hall–Kier alpha value is -2.23. The molecule has 0 aliphatic rings. The number of aromatic nitrogens is 4. The lowest BCUT2D eigenvalue weighted by Crippen LogP contribution is -1.91. The van der Waals surface area contributed by atoms with E-state index in [4.69, 9.17) is 4.42 Å². The summed E-state index contributed by atoms with van der Waals surface area (Å²) < 4.78 is 7.53. The molecular formula is C19H16BrN5OS2. The highest BCUT2D eigenvalue weighted by atomic mass is 79.9. The minimum Gasteiger partial charge on any atom is -0.420 e. The van der Waals surface area contributed by atoms with Gasteiger partial charge in [-0.1, -0.05) is 41.3 Å². The van der Waals surface area contributed by atoms with Crippen molar-refractivity contribution in [3.05, 3.63) is 64.0 Å². The van der Waals surface area contributed by atoms with Gasteiger partial charge in [0.1, 0.15) is 0 Å².